The van der Waals surface area contributed by atoms with Crippen molar-refractivity contribution in [2.75, 3.05) is 17.2 Å². The van der Waals surface area contributed by atoms with E-state index in [2.05, 4.69) is 15.6 Å². The van der Waals surface area contributed by atoms with Gasteiger partial charge in [-0.1, -0.05) is 12.1 Å². The Balaban J connectivity index is 1.64. The van der Waals surface area contributed by atoms with Crippen LogP contribution in [0.5, 0.6) is 5.75 Å². The Morgan fingerprint density at radius 2 is 2.12 bits per heavy atom. The molecule has 1 amide bonds. The summed E-state index contributed by atoms with van der Waals surface area (Å²) < 4.78 is 11.2. The molecule has 2 aromatic rings. The monoisotopic (exact) mass is 341 g/mol. The number of ether oxygens (including phenoxy) is 2. The number of nitrogens with one attached hydrogen (secondary N) is 2. The number of anilines is 3. The van der Waals surface area contributed by atoms with Gasteiger partial charge in [0.1, 0.15) is 17.7 Å². The van der Waals surface area contributed by atoms with Gasteiger partial charge in [-0.25, -0.2) is 4.98 Å². The van der Waals surface area contributed by atoms with E-state index in [0.29, 0.717) is 12.4 Å². The van der Waals surface area contributed by atoms with Crippen LogP contribution >= 0.6 is 0 Å². The molecule has 2 heterocycles. The fraction of sp³-hybridized carbons (Fsp3) is 0.368. The van der Waals surface area contributed by atoms with E-state index in [1.807, 2.05) is 44.2 Å². The van der Waals surface area contributed by atoms with Crippen molar-refractivity contribution in [2.24, 2.45) is 0 Å². The van der Waals surface area contributed by atoms with Crippen LogP contribution in [0.3, 0.4) is 0 Å². The van der Waals surface area contributed by atoms with E-state index in [-0.39, 0.29) is 18.1 Å². The second kappa shape index (κ2) is 7.98. The highest BCUT2D eigenvalue weighted by Gasteiger charge is 2.23. The zero-order valence-electron chi connectivity index (χ0n) is 14.5. The number of amides is 1. The smallest absolute Gasteiger partial charge is 0.254 e. The number of carbonyl (C=O) groups excluding carboxylic acids is 1. The molecule has 1 aromatic heterocycles. The molecular formula is C19H23N3O3. The molecule has 1 aliphatic rings. The summed E-state index contributed by atoms with van der Waals surface area (Å²) in [7, 11) is 0. The van der Waals surface area contributed by atoms with E-state index in [1.54, 1.807) is 12.3 Å². The lowest BCUT2D eigenvalue weighted by Gasteiger charge is -2.15. The molecule has 1 aromatic carbocycles. The molecule has 0 saturated carbocycles. The first-order chi connectivity index (χ1) is 12.1. The summed E-state index contributed by atoms with van der Waals surface area (Å²) in [5, 5.41) is 6.07. The highest BCUT2D eigenvalue weighted by Crippen LogP contribution is 2.28. The second-order valence-electron chi connectivity index (χ2n) is 6.21. The molecule has 25 heavy (non-hydrogen) atoms. The van der Waals surface area contributed by atoms with Crippen molar-refractivity contribution < 1.29 is 14.3 Å². The van der Waals surface area contributed by atoms with Crippen molar-refractivity contribution in [3.8, 4) is 5.75 Å². The topological polar surface area (TPSA) is 72.5 Å². The molecule has 0 aliphatic carbocycles. The minimum absolute atomic E-state index is 0.0940. The van der Waals surface area contributed by atoms with Crippen molar-refractivity contribution in [1.29, 1.82) is 0 Å². The average molecular weight is 341 g/mol. The van der Waals surface area contributed by atoms with Gasteiger partial charge in [0.2, 0.25) is 0 Å². The van der Waals surface area contributed by atoms with Crippen LogP contribution in [0, 0.1) is 0 Å². The van der Waals surface area contributed by atoms with Crippen LogP contribution in [0.4, 0.5) is 17.2 Å². The highest BCUT2D eigenvalue weighted by atomic mass is 16.5. The standard InChI is InChI=1S/C19H23N3O3/c1-13(2)25-16-7-4-3-6-15(16)21-14-9-10-18(20-12-14)22-19(23)17-8-5-11-24-17/h3-4,6-7,9-10,12-13,17,21H,5,8,11H2,1-2H3,(H,20,22,23). The lowest BCUT2D eigenvalue weighted by Crippen LogP contribution is -2.27. The molecular weight excluding hydrogens is 318 g/mol. The van der Waals surface area contributed by atoms with Crippen molar-refractivity contribution in [2.45, 2.75) is 38.9 Å². The second-order valence-corrected chi connectivity index (χ2v) is 6.21. The molecule has 1 unspecified atom stereocenters. The zero-order chi connectivity index (χ0) is 17.6. The van der Waals surface area contributed by atoms with E-state index in [4.69, 9.17) is 9.47 Å². The van der Waals surface area contributed by atoms with Gasteiger partial charge in [0.05, 0.1) is 23.7 Å². The number of para-hydroxylation sites is 2. The van der Waals surface area contributed by atoms with Crippen molar-refractivity contribution >= 4 is 23.1 Å². The fourth-order valence-electron chi connectivity index (χ4n) is 2.62. The van der Waals surface area contributed by atoms with Gasteiger partial charge in [-0.2, -0.15) is 0 Å². The Kier molecular flexibility index (Phi) is 5.50. The van der Waals surface area contributed by atoms with Gasteiger partial charge in [-0.3, -0.25) is 4.79 Å². The van der Waals surface area contributed by atoms with Crippen LogP contribution in [-0.4, -0.2) is 29.7 Å². The predicted molar refractivity (Wildman–Crippen MR) is 97.3 cm³/mol. The molecule has 1 atom stereocenters. The van der Waals surface area contributed by atoms with E-state index in [0.717, 1.165) is 30.0 Å². The largest absolute Gasteiger partial charge is 0.489 e. The van der Waals surface area contributed by atoms with Gasteiger partial charge >= 0.3 is 0 Å². The Morgan fingerprint density at radius 3 is 2.80 bits per heavy atom. The van der Waals surface area contributed by atoms with Crippen molar-refractivity contribution in [1.82, 2.24) is 4.98 Å². The molecule has 1 saturated heterocycles. The fourth-order valence-corrected chi connectivity index (χ4v) is 2.62. The quantitative estimate of drug-likeness (QED) is 0.837. The maximum atomic E-state index is 12.0. The van der Waals surface area contributed by atoms with Gasteiger partial charge in [0.15, 0.2) is 0 Å². The molecule has 2 N–H and O–H groups in total. The van der Waals surface area contributed by atoms with E-state index >= 15 is 0 Å². The maximum absolute atomic E-state index is 12.0. The van der Waals surface area contributed by atoms with E-state index in [9.17, 15) is 4.79 Å². The Morgan fingerprint density at radius 1 is 1.28 bits per heavy atom. The van der Waals surface area contributed by atoms with Crippen molar-refractivity contribution in [3.05, 3.63) is 42.6 Å². The summed E-state index contributed by atoms with van der Waals surface area (Å²) in [4.78, 5) is 16.3. The lowest BCUT2D eigenvalue weighted by molar-refractivity contribution is -0.124. The molecule has 6 heteroatoms. The number of rotatable bonds is 6. The first-order valence-corrected chi connectivity index (χ1v) is 8.53. The third-order valence-electron chi connectivity index (χ3n) is 3.77. The van der Waals surface area contributed by atoms with Crippen LogP contribution in [0.15, 0.2) is 42.6 Å². The average Bonchev–Trinajstić information content (AvgIpc) is 3.13. The van der Waals surface area contributed by atoms with Crippen molar-refractivity contribution in [3.63, 3.8) is 0 Å². The summed E-state index contributed by atoms with van der Waals surface area (Å²) in [6.07, 6.45) is 3.10. The Hall–Kier alpha value is -2.60. The van der Waals surface area contributed by atoms with Crippen LogP contribution in [0.2, 0.25) is 0 Å². The molecule has 0 spiro atoms. The number of aromatic nitrogens is 1. The van der Waals surface area contributed by atoms with E-state index < -0.39 is 0 Å². The van der Waals surface area contributed by atoms with E-state index in [1.165, 1.54) is 0 Å². The number of nitrogens with zero attached hydrogens (tertiary/aromatic N) is 1. The van der Waals surface area contributed by atoms with Gasteiger partial charge in [-0.05, 0) is 51.0 Å². The predicted octanol–water partition coefficient (Wildman–Crippen LogP) is 3.73. The van der Waals surface area contributed by atoms with Gasteiger partial charge in [0.25, 0.3) is 5.91 Å². The third kappa shape index (κ3) is 4.70. The number of pyridine rings is 1. The number of carbonyl (C=O) groups is 1. The molecule has 6 nitrogen and oxygen atoms in total. The first kappa shape index (κ1) is 17.2. The highest BCUT2D eigenvalue weighted by molar-refractivity contribution is 5.93. The first-order valence-electron chi connectivity index (χ1n) is 8.53. The minimum atomic E-state index is -0.361. The molecule has 1 aliphatic heterocycles. The summed E-state index contributed by atoms with van der Waals surface area (Å²) in [5.74, 6) is 1.16. The van der Waals surface area contributed by atoms with Gasteiger partial charge in [0, 0.05) is 6.61 Å². The maximum Gasteiger partial charge on any atom is 0.254 e. The zero-order valence-corrected chi connectivity index (χ0v) is 14.5. The normalized spacial score (nSPS) is 16.7. The summed E-state index contributed by atoms with van der Waals surface area (Å²) >= 11 is 0. The molecule has 3 rings (SSSR count). The summed E-state index contributed by atoms with van der Waals surface area (Å²) in [6, 6.07) is 11.4. The summed E-state index contributed by atoms with van der Waals surface area (Å²) in [6.45, 7) is 4.62. The van der Waals surface area contributed by atoms with Gasteiger partial charge < -0.3 is 20.1 Å². The SMILES string of the molecule is CC(C)Oc1ccccc1Nc1ccc(NC(=O)C2CCCO2)nc1. The molecule has 0 radical (unpaired) electrons. The Bertz CT molecular complexity index is 710. The van der Waals surface area contributed by atoms with Crippen LogP contribution in [0.1, 0.15) is 26.7 Å². The molecule has 1 fully saturated rings. The number of hydrogen-bond acceptors (Lipinski definition) is 5. The minimum Gasteiger partial charge on any atom is -0.489 e. The third-order valence-corrected chi connectivity index (χ3v) is 3.77. The van der Waals surface area contributed by atoms with Crippen LogP contribution in [-0.2, 0) is 9.53 Å². The number of benzene rings is 1. The molecule has 132 valence electrons. The number of hydrogen-bond donors (Lipinski definition) is 2. The summed E-state index contributed by atoms with van der Waals surface area (Å²) in [5.41, 5.74) is 1.68. The Labute approximate surface area is 147 Å². The van der Waals surface area contributed by atoms with Gasteiger partial charge in [-0.15, -0.1) is 0 Å². The lowest BCUT2D eigenvalue weighted by atomic mass is 10.2. The molecule has 0 bridgehead atoms. The van der Waals surface area contributed by atoms with Crippen LogP contribution < -0.4 is 15.4 Å². The van der Waals surface area contributed by atoms with Crippen LogP contribution in [0.25, 0.3) is 0 Å².